The highest BCUT2D eigenvalue weighted by Gasteiger charge is 2.25. The van der Waals surface area contributed by atoms with E-state index in [1.807, 2.05) is 17.5 Å². The second-order valence-corrected chi connectivity index (χ2v) is 5.81. The first-order valence-electron chi connectivity index (χ1n) is 6.68. The summed E-state index contributed by atoms with van der Waals surface area (Å²) < 4.78 is 4.91. The normalized spacial score (nSPS) is 19.2. The highest BCUT2D eigenvalue weighted by molar-refractivity contribution is 7.10. The number of thiophene rings is 1. The molecule has 1 unspecified atom stereocenters. The van der Waals surface area contributed by atoms with Crippen molar-refractivity contribution in [2.24, 2.45) is 0 Å². The van der Waals surface area contributed by atoms with Gasteiger partial charge in [0, 0.05) is 10.9 Å². The monoisotopic (exact) mass is 267 g/mol. The number of ether oxygens (including phenoxy) is 1. The summed E-state index contributed by atoms with van der Waals surface area (Å²) in [5, 5.41) is 5.48. The molecule has 1 aliphatic carbocycles. The molecule has 2 rings (SSSR count). The lowest BCUT2D eigenvalue weighted by Gasteiger charge is -2.22. The van der Waals surface area contributed by atoms with Crippen LogP contribution in [0.2, 0.25) is 0 Å². The van der Waals surface area contributed by atoms with Crippen molar-refractivity contribution in [2.45, 2.75) is 50.6 Å². The van der Waals surface area contributed by atoms with Crippen LogP contribution in [0.15, 0.2) is 17.5 Å². The molecule has 1 fully saturated rings. The number of rotatable bonds is 4. The van der Waals surface area contributed by atoms with Gasteiger partial charge in [0.05, 0.1) is 7.11 Å². The average Bonchev–Trinajstić information content (AvgIpc) is 2.79. The van der Waals surface area contributed by atoms with Crippen molar-refractivity contribution >= 4 is 17.3 Å². The zero-order chi connectivity index (χ0) is 12.8. The van der Waals surface area contributed by atoms with Gasteiger partial charge in [-0.2, -0.15) is 0 Å². The van der Waals surface area contributed by atoms with Gasteiger partial charge in [0.2, 0.25) is 0 Å². The van der Waals surface area contributed by atoms with Gasteiger partial charge in [0.25, 0.3) is 0 Å². The third-order valence-corrected chi connectivity index (χ3v) is 4.46. The molecule has 1 aromatic rings. The highest BCUT2D eigenvalue weighted by atomic mass is 32.1. The van der Waals surface area contributed by atoms with Crippen LogP contribution in [0.5, 0.6) is 0 Å². The summed E-state index contributed by atoms with van der Waals surface area (Å²) in [6.07, 6.45) is 7.49. The van der Waals surface area contributed by atoms with Crippen LogP contribution in [0.25, 0.3) is 0 Å². The van der Waals surface area contributed by atoms with Gasteiger partial charge < -0.3 is 4.74 Å². The van der Waals surface area contributed by atoms with E-state index in [-0.39, 0.29) is 12.0 Å². The maximum Gasteiger partial charge on any atom is 0.328 e. The minimum atomic E-state index is -0.293. The van der Waals surface area contributed by atoms with E-state index in [4.69, 9.17) is 4.74 Å². The molecule has 1 aliphatic rings. The fraction of sp³-hybridized carbons (Fsp3) is 0.643. The van der Waals surface area contributed by atoms with E-state index in [2.05, 4.69) is 5.32 Å². The van der Waals surface area contributed by atoms with Gasteiger partial charge >= 0.3 is 5.97 Å². The van der Waals surface area contributed by atoms with Gasteiger partial charge in [-0.05, 0) is 24.3 Å². The van der Waals surface area contributed by atoms with E-state index in [0.717, 1.165) is 4.88 Å². The largest absolute Gasteiger partial charge is 0.468 e. The molecule has 3 nitrogen and oxygen atoms in total. The Labute approximate surface area is 113 Å². The lowest BCUT2D eigenvalue weighted by molar-refractivity contribution is -0.143. The summed E-state index contributed by atoms with van der Waals surface area (Å²) in [5.74, 6) is -0.179. The molecule has 1 heterocycles. The second-order valence-electron chi connectivity index (χ2n) is 4.83. The van der Waals surface area contributed by atoms with Gasteiger partial charge in [-0.15, -0.1) is 11.3 Å². The molecule has 0 saturated heterocycles. The van der Waals surface area contributed by atoms with Crippen LogP contribution in [-0.4, -0.2) is 19.1 Å². The topological polar surface area (TPSA) is 38.3 Å². The lowest BCUT2D eigenvalue weighted by atomic mass is 10.1. The first kappa shape index (κ1) is 13.6. The van der Waals surface area contributed by atoms with Gasteiger partial charge in [0.1, 0.15) is 6.04 Å². The molecule has 0 bridgehead atoms. The number of methoxy groups -OCH3 is 1. The van der Waals surface area contributed by atoms with Crippen LogP contribution in [0.4, 0.5) is 0 Å². The van der Waals surface area contributed by atoms with E-state index in [1.165, 1.54) is 45.6 Å². The molecule has 0 aliphatic heterocycles. The van der Waals surface area contributed by atoms with Crippen molar-refractivity contribution in [2.75, 3.05) is 7.11 Å². The Kier molecular flexibility index (Phi) is 5.20. The Morgan fingerprint density at radius 2 is 2.11 bits per heavy atom. The van der Waals surface area contributed by atoms with Gasteiger partial charge in [0.15, 0.2) is 0 Å². The van der Waals surface area contributed by atoms with Crippen LogP contribution in [-0.2, 0) is 9.53 Å². The van der Waals surface area contributed by atoms with E-state index in [1.54, 1.807) is 11.3 Å². The standard InChI is InChI=1S/C14H21NO2S/c1-17-14(16)13(12-9-6-10-18-12)15-11-7-4-2-3-5-8-11/h6,9-11,13,15H,2-5,7-8H2,1H3. The van der Waals surface area contributed by atoms with Crippen molar-refractivity contribution in [3.63, 3.8) is 0 Å². The zero-order valence-electron chi connectivity index (χ0n) is 10.9. The maximum absolute atomic E-state index is 11.9. The summed E-state index contributed by atoms with van der Waals surface area (Å²) >= 11 is 1.61. The molecule has 0 aromatic carbocycles. The Balaban J connectivity index is 2.02. The Bertz CT molecular complexity index is 356. The smallest absolute Gasteiger partial charge is 0.328 e. The molecule has 1 atom stereocenters. The molecule has 100 valence electrons. The van der Waals surface area contributed by atoms with Crippen LogP contribution in [0, 0.1) is 0 Å². The van der Waals surface area contributed by atoms with Crippen LogP contribution in [0.1, 0.15) is 49.4 Å². The zero-order valence-corrected chi connectivity index (χ0v) is 11.7. The van der Waals surface area contributed by atoms with Crippen molar-refractivity contribution in [1.29, 1.82) is 0 Å². The number of hydrogen-bond donors (Lipinski definition) is 1. The van der Waals surface area contributed by atoms with Crippen LogP contribution >= 0.6 is 11.3 Å². The quantitative estimate of drug-likeness (QED) is 0.672. The lowest BCUT2D eigenvalue weighted by Crippen LogP contribution is -2.37. The summed E-state index contributed by atoms with van der Waals surface area (Å²) in [7, 11) is 1.46. The molecule has 0 spiro atoms. The number of nitrogens with one attached hydrogen (secondary N) is 1. The Morgan fingerprint density at radius 3 is 2.67 bits per heavy atom. The molecule has 1 saturated carbocycles. The number of carbonyl (C=O) groups excluding carboxylic acids is 1. The SMILES string of the molecule is COC(=O)C(NC1CCCCCC1)c1cccs1. The predicted octanol–water partition coefficient (Wildman–Crippen LogP) is 3.27. The Hall–Kier alpha value is -0.870. The van der Waals surface area contributed by atoms with Crippen molar-refractivity contribution in [3.05, 3.63) is 22.4 Å². The van der Waals surface area contributed by atoms with E-state index >= 15 is 0 Å². The first-order valence-corrected chi connectivity index (χ1v) is 7.56. The fourth-order valence-corrected chi connectivity index (χ4v) is 3.29. The van der Waals surface area contributed by atoms with Crippen LogP contribution < -0.4 is 5.32 Å². The second kappa shape index (κ2) is 6.90. The van der Waals surface area contributed by atoms with Crippen molar-refractivity contribution in [3.8, 4) is 0 Å². The van der Waals surface area contributed by atoms with Crippen LogP contribution in [0.3, 0.4) is 0 Å². The molecular weight excluding hydrogens is 246 g/mol. The first-order chi connectivity index (χ1) is 8.81. The van der Waals surface area contributed by atoms with Crippen molar-refractivity contribution < 1.29 is 9.53 Å². The number of carbonyl (C=O) groups is 1. The fourth-order valence-electron chi connectivity index (χ4n) is 2.52. The third-order valence-electron chi connectivity index (χ3n) is 3.52. The minimum absolute atomic E-state index is 0.179. The molecule has 1 aromatic heterocycles. The minimum Gasteiger partial charge on any atom is -0.468 e. The summed E-state index contributed by atoms with van der Waals surface area (Å²) in [5.41, 5.74) is 0. The number of esters is 1. The summed E-state index contributed by atoms with van der Waals surface area (Å²) in [6, 6.07) is 4.12. The van der Waals surface area contributed by atoms with Gasteiger partial charge in [-0.3, -0.25) is 5.32 Å². The van der Waals surface area contributed by atoms with Gasteiger partial charge in [-0.25, -0.2) is 4.79 Å². The molecule has 0 radical (unpaired) electrons. The summed E-state index contributed by atoms with van der Waals surface area (Å²) in [4.78, 5) is 12.9. The van der Waals surface area contributed by atoms with E-state index in [0.29, 0.717) is 6.04 Å². The Morgan fingerprint density at radius 1 is 1.39 bits per heavy atom. The molecule has 0 amide bonds. The van der Waals surface area contributed by atoms with E-state index < -0.39 is 0 Å². The molecule has 18 heavy (non-hydrogen) atoms. The highest BCUT2D eigenvalue weighted by Crippen LogP contribution is 2.24. The van der Waals surface area contributed by atoms with Gasteiger partial charge in [-0.1, -0.05) is 31.7 Å². The molecular formula is C14H21NO2S. The average molecular weight is 267 g/mol. The third kappa shape index (κ3) is 3.56. The van der Waals surface area contributed by atoms with Crippen molar-refractivity contribution in [1.82, 2.24) is 5.32 Å². The summed E-state index contributed by atoms with van der Waals surface area (Å²) in [6.45, 7) is 0. The predicted molar refractivity (Wildman–Crippen MR) is 73.7 cm³/mol. The van der Waals surface area contributed by atoms with E-state index in [9.17, 15) is 4.79 Å². The molecule has 4 heteroatoms. The maximum atomic E-state index is 11.9. The number of hydrogen-bond acceptors (Lipinski definition) is 4. The molecule has 1 N–H and O–H groups in total.